The summed E-state index contributed by atoms with van der Waals surface area (Å²) < 4.78 is 0. The molecule has 2 unspecified atom stereocenters. The van der Waals surface area contributed by atoms with E-state index in [0.29, 0.717) is 0 Å². The predicted octanol–water partition coefficient (Wildman–Crippen LogP) is 2.51. The maximum absolute atomic E-state index is 10.6. The number of para-hydroxylation sites is 2. The fraction of sp³-hybridized carbons (Fsp3) is 0.176. The van der Waals surface area contributed by atoms with Gasteiger partial charge in [0, 0.05) is 24.0 Å². The van der Waals surface area contributed by atoms with Gasteiger partial charge in [0.1, 0.15) is 6.10 Å². The normalized spacial score (nSPS) is 26.5. The van der Waals surface area contributed by atoms with Gasteiger partial charge in [-0.15, -0.1) is 0 Å². The number of nitrogens with zero attached hydrogens (tertiary/aromatic N) is 1. The second kappa shape index (κ2) is 4.35. The molecule has 0 radical (unpaired) electrons. The molecule has 0 aromatic heterocycles. The van der Waals surface area contributed by atoms with Crippen molar-refractivity contribution in [3.05, 3.63) is 71.1 Å². The topological polar surface area (TPSA) is 61.5 Å². The zero-order chi connectivity index (χ0) is 14.6. The Morgan fingerprint density at radius 3 is 2.43 bits per heavy atom. The molecule has 0 saturated carbocycles. The van der Waals surface area contributed by atoms with Crippen LogP contribution >= 0.6 is 0 Å². The second-order valence-electron chi connectivity index (χ2n) is 5.51. The van der Waals surface area contributed by atoms with Crippen molar-refractivity contribution in [2.24, 2.45) is 5.73 Å². The zero-order valence-corrected chi connectivity index (χ0v) is 11.7. The number of fused-ring (bicyclic) bond motifs is 2. The molecule has 2 heterocycles. The Labute approximate surface area is 123 Å². The van der Waals surface area contributed by atoms with Crippen LogP contribution in [0.2, 0.25) is 0 Å². The number of nitrogens with two attached hydrogens (primary N) is 1. The van der Waals surface area contributed by atoms with Crippen molar-refractivity contribution in [1.29, 1.82) is 0 Å². The van der Waals surface area contributed by atoms with E-state index in [2.05, 4.69) is 16.3 Å². The highest BCUT2D eigenvalue weighted by Gasteiger charge is 2.36. The number of hydrogen-bond acceptors (Lipinski definition) is 4. The van der Waals surface area contributed by atoms with Crippen LogP contribution in [0.15, 0.2) is 59.9 Å². The monoisotopic (exact) mass is 279 g/mol. The molecule has 2 atom stereocenters. The molecule has 0 aliphatic carbocycles. The molecule has 4 heteroatoms. The summed E-state index contributed by atoms with van der Waals surface area (Å²) in [7, 11) is 1.99. The highest BCUT2D eigenvalue weighted by Crippen LogP contribution is 2.46. The van der Waals surface area contributed by atoms with Crippen molar-refractivity contribution in [2.45, 2.75) is 12.1 Å². The summed E-state index contributed by atoms with van der Waals surface area (Å²) in [5.74, 6) is 0. The van der Waals surface area contributed by atoms with Crippen molar-refractivity contribution in [3.63, 3.8) is 0 Å². The first-order valence-electron chi connectivity index (χ1n) is 7.05. The van der Waals surface area contributed by atoms with Crippen LogP contribution in [-0.2, 0) is 0 Å². The molecule has 0 fully saturated rings. The minimum Gasteiger partial charge on any atom is -0.382 e. The molecular formula is C17H17N3O. The second-order valence-corrected chi connectivity index (χ2v) is 5.51. The molecule has 0 bridgehead atoms. The van der Waals surface area contributed by atoms with Gasteiger partial charge in [0.25, 0.3) is 0 Å². The maximum Gasteiger partial charge on any atom is 0.123 e. The minimum absolute atomic E-state index is 0.224. The lowest BCUT2D eigenvalue weighted by Gasteiger charge is -2.21. The average molecular weight is 279 g/mol. The molecule has 0 amide bonds. The Morgan fingerprint density at radius 1 is 1.05 bits per heavy atom. The summed E-state index contributed by atoms with van der Waals surface area (Å²) in [6.07, 6.45) is -0.654. The molecule has 4 rings (SSSR count). The van der Waals surface area contributed by atoms with E-state index < -0.39 is 6.10 Å². The molecule has 2 aliphatic heterocycles. The highest BCUT2D eigenvalue weighted by molar-refractivity contribution is 5.72. The lowest BCUT2D eigenvalue weighted by molar-refractivity contribution is 0.221. The first-order valence-corrected chi connectivity index (χ1v) is 7.05. The number of likely N-dealkylation sites (N-methyl/N-ethyl adjacent to an activating group) is 1. The van der Waals surface area contributed by atoms with Crippen LogP contribution in [0, 0.1) is 0 Å². The van der Waals surface area contributed by atoms with Crippen molar-refractivity contribution < 1.29 is 5.11 Å². The molecule has 4 N–H and O–H groups in total. The lowest BCUT2D eigenvalue weighted by Crippen LogP contribution is -2.23. The van der Waals surface area contributed by atoms with Crippen LogP contribution in [0.3, 0.4) is 0 Å². The molecule has 2 aliphatic rings. The van der Waals surface area contributed by atoms with Gasteiger partial charge in [0.2, 0.25) is 0 Å². The number of aliphatic hydroxyl groups excluding tert-OH is 1. The number of aliphatic hydroxyl groups is 1. The van der Waals surface area contributed by atoms with Crippen molar-refractivity contribution in [3.8, 4) is 0 Å². The Balaban J connectivity index is 1.86. The molecule has 0 saturated heterocycles. The van der Waals surface area contributed by atoms with E-state index in [4.69, 9.17) is 5.73 Å². The van der Waals surface area contributed by atoms with Gasteiger partial charge in [0.15, 0.2) is 0 Å². The molecule has 0 spiro atoms. The number of rotatable bonds is 0. The predicted molar refractivity (Wildman–Crippen MR) is 83.8 cm³/mol. The van der Waals surface area contributed by atoms with Gasteiger partial charge in [-0.05, 0) is 17.7 Å². The first kappa shape index (κ1) is 12.4. The third-order valence-electron chi connectivity index (χ3n) is 4.36. The summed E-state index contributed by atoms with van der Waals surface area (Å²) in [4.78, 5) is 2.07. The van der Waals surface area contributed by atoms with Crippen LogP contribution in [0.4, 0.5) is 11.4 Å². The van der Waals surface area contributed by atoms with Gasteiger partial charge >= 0.3 is 0 Å². The third kappa shape index (κ3) is 1.63. The van der Waals surface area contributed by atoms with Gasteiger partial charge in [-0.25, -0.2) is 0 Å². The summed E-state index contributed by atoms with van der Waals surface area (Å²) in [5, 5.41) is 13.9. The fourth-order valence-electron chi connectivity index (χ4n) is 3.31. The van der Waals surface area contributed by atoms with Gasteiger partial charge in [-0.3, -0.25) is 0 Å². The van der Waals surface area contributed by atoms with E-state index in [9.17, 15) is 5.11 Å². The molecule has 2 aromatic rings. The van der Waals surface area contributed by atoms with Crippen LogP contribution < -0.4 is 16.0 Å². The highest BCUT2D eigenvalue weighted by atomic mass is 16.3. The molecule has 106 valence electrons. The number of anilines is 2. The number of benzene rings is 2. The Hall–Kier alpha value is -2.30. The third-order valence-corrected chi connectivity index (χ3v) is 4.36. The fourth-order valence-corrected chi connectivity index (χ4v) is 3.31. The van der Waals surface area contributed by atoms with Crippen LogP contribution in [0.1, 0.15) is 23.3 Å². The van der Waals surface area contributed by atoms with E-state index in [0.717, 1.165) is 33.9 Å². The zero-order valence-electron chi connectivity index (χ0n) is 11.7. The van der Waals surface area contributed by atoms with Gasteiger partial charge in [-0.2, -0.15) is 0 Å². The molecule has 21 heavy (non-hydrogen) atoms. The van der Waals surface area contributed by atoms with Gasteiger partial charge < -0.3 is 21.1 Å². The van der Waals surface area contributed by atoms with Crippen LogP contribution in [0.25, 0.3) is 0 Å². The average Bonchev–Trinajstić information content (AvgIpc) is 2.96. The van der Waals surface area contributed by atoms with E-state index in [1.807, 2.05) is 49.5 Å². The Kier molecular flexibility index (Phi) is 2.58. The molecular weight excluding hydrogens is 262 g/mol. The lowest BCUT2D eigenvalue weighted by atomic mass is 10.0. The molecule has 4 nitrogen and oxygen atoms in total. The maximum atomic E-state index is 10.6. The van der Waals surface area contributed by atoms with Crippen molar-refractivity contribution in [2.75, 3.05) is 17.3 Å². The standard InChI is InChI=1S/C17H17N3O/c1-20-13-9-5-3-7-11(13)14(18)16(20)15-17(21)10-6-2-4-8-12(10)19-15/h2-9,14,17,19,21H,18H2,1H3/b16-15+. The van der Waals surface area contributed by atoms with E-state index >= 15 is 0 Å². The van der Waals surface area contributed by atoms with Crippen molar-refractivity contribution >= 4 is 11.4 Å². The van der Waals surface area contributed by atoms with Crippen molar-refractivity contribution in [1.82, 2.24) is 0 Å². The summed E-state index contributed by atoms with van der Waals surface area (Å²) in [6, 6.07) is 15.7. The summed E-state index contributed by atoms with van der Waals surface area (Å²) in [5.41, 5.74) is 12.2. The quantitative estimate of drug-likeness (QED) is 0.693. The van der Waals surface area contributed by atoms with Gasteiger partial charge in [-0.1, -0.05) is 36.4 Å². The summed E-state index contributed by atoms with van der Waals surface area (Å²) >= 11 is 0. The number of nitrogens with one attached hydrogen (secondary N) is 1. The largest absolute Gasteiger partial charge is 0.382 e. The molecule has 2 aromatic carbocycles. The first-order chi connectivity index (χ1) is 10.2. The number of hydrogen-bond donors (Lipinski definition) is 3. The smallest absolute Gasteiger partial charge is 0.123 e. The van der Waals surface area contributed by atoms with E-state index in [1.165, 1.54) is 0 Å². The van der Waals surface area contributed by atoms with E-state index in [-0.39, 0.29) is 6.04 Å². The Morgan fingerprint density at radius 2 is 1.71 bits per heavy atom. The Bertz CT molecular complexity index is 722. The minimum atomic E-state index is -0.654. The van der Waals surface area contributed by atoms with Gasteiger partial charge in [0.05, 0.1) is 17.4 Å². The summed E-state index contributed by atoms with van der Waals surface area (Å²) in [6.45, 7) is 0. The van der Waals surface area contributed by atoms with Crippen LogP contribution in [0.5, 0.6) is 0 Å². The SMILES string of the molecule is CN1/C(=C2/Nc3ccccc3C2O)C(N)c2ccccc21. The van der Waals surface area contributed by atoms with Crippen LogP contribution in [-0.4, -0.2) is 12.2 Å². The van der Waals surface area contributed by atoms with E-state index in [1.54, 1.807) is 0 Å².